The van der Waals surface area contributed by atoms with Gasteiger partial charge in [0.25, 0.3) is 0 Å². The standard InChI is InChI=1S/C11H21N3/c1-10(8-11(2,13)9-12)14-6-4-3-5-7-14/h10H,3-8,13H2,1-2H3. The Morgan fingerprint density at radius 1 is 1.43 bits per heavy atom. The zero-order chi connectivity index (χ0) is 10.6. The van der Waals surface area contributed by atoms with Crippen LogP contribution in [0.4, 0.5) is 0 Å². The highest BCUT2D eigenvalue weighted by molar-refractivity contribution is 5.02. The molecular formula is C11H21N3. The Kier molecular flexibility index (Phi) is 3.91. The summed E-state index contributed by atoms with van der Waals surface area (Å²) in [6.45, 7) is 6.33. The van der Waals surface area contributed by atoms with Gasteiger partial charge in [0.1, 0.15) is 5.54 Å². The van der Waals surface area contributed by atoms with Gasteiger partial charge in [0, 0.05) is 6.04 Å². The molecule has 1 rings (SSSR count). The number of hydrogen-bond acceptors (Lipinski definition) is 3. The van der Waals surface area contributed by atoms with Gasteiger partial charge in [0.2, 0.25) is 0 Å². The Bertz CT molecular complexity index is 211. The number of rotatable bonds is 3. The minimum atomic E-state index is -0.670. The smallest absolute Gasteiger partial charge is 0.102 e. The molecule has 0 aromatic rings. The zero-order valence-electron chi connectivity index (χ0n) is 9.29. The molecule has 0 aromatic heterocycles. The van der Waals surface area contributed by atoms with E-state index in [9.17, 15) is 0 Å². The van der Waals surface area contributed by atoms with E-state index >= 15 is 0 Å². The summed E-state index contributed by atoms with van der Waals surface area (Å²) in [4.78, 5) is 2.45. The maximum atomic E-state index is 8.85. The first kappa shape index (κ1) is 11.5. The highest BCUT2D eigenvalue weighted by atomic mass is 15.2. The lowest BCUT2D eigenvalue weighted by molar-refractivity contribution is 0.155. The molecule has 2 N–H and O–H groups in total. The Hall–Kier alpha value is -0.590. The molecule has 3 nitrogen and oxygen atoms in total. The molecule has 1 saturated heterocycles. The summed E-state index contributed by atoms with van der Waals surface area (Å²) in [7, 11) is 0. The van der Waals surface area contributed by atoms with Gasteiger partial charge in [-0.15, -0.1) is 0 Å². The van der Waals surface area contributed by atoms with E-state index in [2.05, 4.69) is 17.9 Å². The van der Waals surface area contributed by atoms with Crippen molar-refractivity contribution in [3.63, 3.8) is 0 Å². The van der Waals surface area contributed by atoms with E-state index in [0.29, 0.717) is 6.04 Å². The van der Waals surface area contributed by atoms with Gasteiger partial charge in [-0.2, -0.15) is 5.26 Å². The Morgan fingerprint density at radius 3 is 2.50 bits per heavy atom. The van der Waals surface area contributed by atoms with E-state index in [-0.39, 0.29) is 0 Å². The van der Waals surface area contributed by atoms with E-state index in [4.69, 9.17) is 11.0 Å². The summed E-state index contributed by atoms with van der Waals surface area (Å²) < 4.78 is 0. The van der Waals surface area contributed by atoms with Crippen molar-refractivity contribution in [2.75, 3.05) is 13.1 Å². The van der Waals surface area contributed by atoms with Crippen molar-refractivity contribution in [3.05, 3.63) is 0 Å². The maximum absolute atomic E-state index is 8.85. The fraction of sp³-hybridized carbons (Fsp3) is 0.909. The number of likely N-dealkylation sites (tertiary alicyclic amines) is 1. The molecule has 0 aliphatic carbocycles. The molecule has 2 atom stereocenters. The number of piperidine rings is 1. The van der Waals surface area contributed by atoms with Crippen molar-refractivity contribution in [1.29, 1.82) is 5.26 Å². The Morgan fingerprint density at radius 2 is 2.00 bits per heavy atom. The molecule has 14 heavy (non-hydrogen) atoms. The third-order valence-electron chi connectivity index (χ3n) is 2.99. The van der Waals surface area contributed by atoms with Crippen LogP contribution in [-0.4, -0.2) is 29.6 Å². The highest BCUT2D eigenvalue weighted by Crippen LogP contribution is 2.17. The van der Waals surface area contributed by atoms with E-state index in [1.807, 2.05) is 6.92 Å². The topological polar surface area (TPSA) is 53.1 Å². The first-order chi connectivity index (χ1) is 6.55. The zero-order valence-corrected chi connectivity index (χ0v) is 9.29. The van der Waals surface area contributed by atoms with Crippen LogP contribution >= 0.6 is 0 Å². The molecule has 80 valence electrons. The van der Waals surface area contributed by atoms with Crippen molar-refractivity contribution >= 4 is 0 Å². The van der Waals surface area contributed by atoms with Crippen LogP contribution in [0.5, 0.6) is 0 Å². The fourth-order valence-electron chi connectivity index (χ4n) is 2.15. The van der Waals surface area contributed by atoms with Gasteiger partial charge in [0.15, 0.2) is 0 Å². The van der Waals surface area contributed by atoms with Gasteiger partial charge in [0.05, 0.1) is 6.07 Å². The minimum absolute atomic E-state index is 0.435. The van der Waals surface area contributed by atoms with E-state index < -0.39 is 5.54 Å². The molecule has 3 heteroatoms. The van der Waals surface area contributed by atoms with Crippen LogP contribution in [0.2, 0.25) is 0 Å². The number of hydrogen-bond donors (Lipinski definition) is 1. The van der Waals surface area contributed by atoms with Crippen LogP contribution < -0.4 is 5.73 Å². The van der Waals surface area contributed by atoms with Crippen molar-refractivity contribution in [1.82, 2.24) is 4.90 Å². The number of nitriles is 1. The van der Waals surface area contributed by atoms with Crippen LogP contribution in [-0.2, 0) is 0 Å². The SMILES string of the molecule is CC(CC(C)(N)C#N)N1CCCCC1. The summed E-state index contributed by atoms with van der Waals surface area (Å²) in [5, 5.41) is 8.85. The highest BCUT2D eigenvalue weighted by Gasteiger charge is 2.25. The van der Waals surface area contributed by atoms with Gasteiger partial charge < -0.3 is 10.6 Å². The second-order valence-electron chi connectivity index (χ2n) is 4.68. The molecule has 1 heterocycles. The van der Waals surface area contributed by atoms with Crippen LogP contribution in [0.1, 0.15) is 39.5 Å². The second kappa shape index (κ2) is 4.77. The van der Waals surface area contributed by atoms with Crippen molar-refractivity contribution in [3.8, 4) is 6.07 Å². The lowest BCUT2D eigenvalue weighted by Gasteiger charge is -2.34. The van der Waals surface area contributed by atoms with Gasteiger partial charge in [-0.1, -0.05) is 6.42 Å². The van der Waals surface area contributed by atoms with Crippen LogP contribution in [0.15, 0.2) is 0 Å². The average Bonchev–Trinajstić information content (AvgIpc) is 2.19. The molecule has 2 unspecified atom stereocenters. The van der Waals surface area contributed by atoms with Crippen LogP contribution in [0.3, 0.4) is 0 Å². The first-order valence-corrected chi connectivity index (χ1v) is 5.49. The maximum Gasteiger partial charge on any atom is 0.102 e. The summed E-state index contributed by atoms with van der Waals surface area (Å²) in [5.74, 6) is 0. The third-order valence-corrected chi connectivity index (χ3v) is 2.99. The summed E-state index contributed by atoms with van der Waals surface area (Å²) in [5.41, 5.74) is 5.17. The Balaban J connectivity index is 2.41. The van der Waals surface area contributed by atoms with Gasteiger partial charge >= 0.3 is 0 Å². The minimum Gasteiger partial charge on any atom is -0.314 e. The Labute approximate surface area is 86.9 Å². The summed E-state index contributed by atoms with van der Waals surface area (Å²) in [6, 6.07) is 2.60. The molecule has 0 saturated carbocycles. The lowest BCUT2D eigenvalue weighted by Crippen LogP contribution is -2.45. The molecule has 0 radical (unpaired) electrons. The fourth-order valence-corrected chi connectivity index (χ4v) is 2.15. The molecule has 0 amide bonds. The molecular weight excluding hydrogens is 174 g/mol. The summed E-state index contributed by atoms with van der Waals surface area (Å²) in [6.07, 6.45) is 4.70. The largest absolute Gasteiger partial charge is 0.314 e. The average molecular weight is 195 g/mol. The summed E-state index contributed by atoms with van der Waals surface area (Å²) >= 11 is 0. The molecule has 0 bridgehead atoms. The molecule has 0 spiro atoms. The molecule has 1 aliphatic rings. The monoisotopic (exact) mass is 195 g/mol. The second-order valence-corrected chi connectivity index (χ2v) is 4.68. The first-order valence-electron chi connectivity index (χ1n) is 5.49. The van der Waals surface area contributed by atoms with E-state index in [1.54, 1.807) is 0 Å². The number of nitrogens with zero attached hydrogens (tertiary/aromatic N) is 2. The van der Waals surface area contributed by atoms with E-state index in [1.165, 1.54) is 32.4 Å². The third kappa shape index (κ3) is 3.28. The molecule has 0 aromatic carbocycles. The normalized spacial score (nSPS) is 25.0. The predicted octanol–water partition coefficient (Wildman–Crippen LogP) is 1.49. The van der Waals surface area contributed by atoms with E-state index in [0.717, 1.165) is 6.42 Å². The number of nitrogens with two attached hydrogens (primary N) is 1. The molecule has 1 aliphatic heterocycles. The van der Waals surface area contributed by atoms with Crippen LogP contribution in [0, 0.1) is 11.3 Å². The molecule has 1 fully saturated rings. The predicted molar refractivity (Wildman–Crippen MR) is 57.7 cm³/mol. The van der Waals surface area contributed by atoms with Gasteiger partial charge in [-0.3, -0.25) is 0 Å². The lowest BCUT2D eigenvalue weighted by atomic mass is 9.95. The van der Waals surface area contributed by atoms with Crippen LogP contribution in [0.25, 0.3) is 0 Å². The van der Waals surface area contributed by atoms with Gasteiger partial charge in [-0.05, 0) is 46.2 Å². The van der Waals surface area contributed by atoms with Crippen molar-refractivity contribution in [2.24, 2.45) is 5.73 Å². The van der Waals surface area contributed by atoms with Crippen molar-refractivity contribution < 1.29 is 0 Å². The van der Waals surface area contributed by atoms with Gasteiger partial charge in [-0.25, -0.2) is 0 Å². The van der Waals surface area contributed by atoms with Crippen molar-refractivity contribution in [2.45, 2.75) is 51.1 Å². The quantitative estimate of drug-likeness (QED) is 0.742.